The second-order valence-electron chi connectivity index (χ2n) is 2.51. The van der Waals surface area contributed by atoms with Crippen molar-refractivity contribution in [2.75, 3.05) is 0 Å². The number of imidazole rings is 1. The van der Waals surface area contributed by atoms with Gasteiger partial charge in [-0.05, 0) is 33.6 Å². The molecule has 0 fully saturated rings. The first-order valence-corrected chi connectivity index (χ1v) is 4.82. The van der Waals surface area contributed by atoms with E-state index in [0.29, 0.717) is 5.88 Å². The molecule has 0 unspecified atom stereocenters. The van der Waals surface area contributed by atoms with E-state index in [4.69, 9.17) is 11.6 Å². The molecule has 0 saturated heterocycles. The molecule has 2 aromatic rings. The molecule has 0 amide bonds. The zero-order valence-electron chi connectivity index (χ0n) is 6.14. The number of H-pyrrole nitrogens is 1. The summed E-state index contributed by atoms with van der Waals surface area (Å²) in [5.41, 5.74) is 3.07. The number of aromatic amines is 1. The van der Waals surface area contributed by atoms with Crippen LogP contribution in [0.15, 0.2) is 22.9 Å². The normalized spacial score (nSPS) is 10.8. The topological polar surface area (TPSA) is 28.7 Å². The fraction of sp³-hybridized carbons (Fsp3) is 0.125. The van der Waals surface area contributed by atoms with Gasteiger partial charge in [-0.2, -0.15) is 0 Å². The Hall–Kier alpha value is -0.540. The number of hydrogen-bond donors (Lipinski definition) is 1. The average Bonchev–Trinajstić information content (AvgIpc) is 2.43. The van der Waals surface area contributed by atoms with E-state index in [1.165, 1.54) is 0 Å². The van der Waals surface area contributed by atoms with Gasteiger partial charge >= 0.3 is 0 Å². The van der Waals surface area contributed by atoms with Crippen LogP contribution >= 0.6 is 27.5 Å². The summed E-state index contributed by atoms with van der Waals surface area (Å²) in [4.78, 5) is 7.29. The molecule has 2 nitrogen and oxygen atoms in total. The van der Waals surface area contributed by atoms with Crippen LogP contribution in [0.1, 0.15) is 5.56 Å². The predicted octanol–water partition coefficient (Wildman–Crippen LogP) is 3.06. The lowest BCUT2D eigenvalue weighted by Gasteiger charge is -1.92. The molecule has 1 aromatic carbocycles. The zero-order chi connectivity index (χ0) is 8.55. The largest absolute Gasteiger partial charge is 0.332 e. The van der Waals surface area contributed by atoms with Gasteiger partial charge < -0.3 is 4.98 Å². The predicted molar refractivity (Wildman–Crippen MR) is 53.4 cm³/mol. The molecule has 4 heteroatoms. The van der Waals surface area contributed by atoms with Gasteiger partial charge in [0, 0.05) is 5.88 Å². The van der Waals surface area contributed by atoms with Gasteiger partial charge in [-0.3, -0.25) is 0 Å². The molecule has 62 valence electrons. The summed E-state index contributed by atoms with van der Waals surface area (Å²) in [6.45, 7) is 0. The highest BCUT2D eigenvalue weighted by molar-refractivity contribution is 9.10. The Balaban J connectivity index is 2.66. The molecule has 0 atom stereocenters. The monoisotopic (exact) mass is 244 g/mol. The van der Waals surface area contributed by atoms with Crippen LogP contribution in [-0.4, -0.2) is 9.97 Å². The van der Waals surface area contributed by atoms with Gasteiger partial charge in [-0.1, -0.05) is 6.07 Å². The molecule has 0 saturated carbocycles. The van der Waals surface area contributed by atoms with Crippen molar-refractivity contribution in [1.82, 2.24) is 9.97 Å². The van der Waals surface area contributed by atoms with Gasteiger partial charge in [0.2, 0.25) is 0 Å². The standard InChI is InChI=1S/C8H6BrClN2/c9-8-11-6-2-1-5(4-10)3-7(6)12-8/h1-3H,4H2,(H,11,12). The minimum absolute atomic E-state index is 0.534. The number of nitrogens with zero attached hydrogens (tertiary/aromatic N) is 1. The van der Waals surface area contributed by atoms with Crippen LogP contribution in [0.25, 0.3) is 11.0 Å². The summed E-state index contributed by atoms with van der Waals surface area (Å²) >= 11 is 8.96. The number of halogens is 2. The van der Waals surface area contributed by atoms with E-state index in [2.05, 4.69) is 25.9 Å². The van der Waals surface area contributed by atoms with Gasteiger partial charge in [0.15, 0.2) is 4.73 Å². The van der Waals surface area contributed by atoms with Crippen molar-refractivity contribution < 1.29 is 0 Å². The van der Waals surface area contributed by atoms with E-state index in [1.54, 1.807) is 0 Å². The highest BCUT2D eigenvalue weighted by Gasteiger charge is 1.99. The van der Waals surface area contributed by atoms with Crippen LogP contribution in [-0.2, 0) is 5.88 Å². The smallest absolute Gasteiger partial charge is 0.175 e. The first-order valence-electron chi connectivity index (χ1n) is 3.50. The Bertz CT molecular complexity index is 410. The number of fused-ring (bicyclic) bond motifs is 1. The van der Waals surface area contributed by atoms with Crippen LogP contribution in [0, 0.1) is 0 Å². The lowest BCUT2D eigenvalue weighted by Crippen LogP contribution is -1.76. The molecule has 1 aromatic heterocycles. The number of aromatic nitrogens is 2. The summed E-state index contributed by atoms with van der Waals surface area (Å²) in [5, 5.41) is 0. The summed E-state index contributed by atoms with van der Waals surface area (Å²) in [6, 6.07) is 5.93. The molecule has 0 aliphatic heterocycles. The third-order valence-electron chi connectivity index (χ3n) is 1.67. The van der Waals surface area contributed by atoms with E-state index in [-0.39, 0.29) is 0 Å². The summed E-state index contributed by atoms with van der Waals surface area (Å²) in [6.07, 6.45) is 0. The zero-order valence-corrected chi connectivity index (χ0v) is 8.48. The second kappa shape index (κ2) is 3.07. The van der Waals surface area contributed by atoms with Gasteiger partial charge in [-0.15, -0.1) is 11.6 Å². The van der Waals surface area contributed by atoms with Crippen LogP contribution in [0.4, 0.5) is 0 Å². The number of rotatable bonds is 1. The fourth-order valence-corrected chi connectivity index (χ4v) is 1.68. The molecule has 12 heavy (non-hydrogen) atoms. The van der Waals surface area contributed by atoms with Crippen LogP contribution in [0.5, 0.6) is 0 Å². The van der Waals surface area contributed by atoms with Crippen LogP contribution < -0.4 is 0 Å². The lowest BCUT2D eigenvalue weighted by molar-refractivity contribution is 1.27. The van der Waals surface area contributed by atoms with Crippen LogP contribution in [0.2, 0.25) is 0 Å². The van der Waals surface area contributed by atoms with E-state index < -0.39 is 0 Å². The number of nitrogens with one attached hydrogen (secondary N) is 1. The van der Waals surface area contributed by atoms with Gasteiger partial charge in [-0.25, -0.2) is 4.98 Å². The molecular formula is C8H6BrClN2. The number of alkyl halides is 1. The van der Waals surface area contributed by atoms with Crippen molar-refractivity contribution >= 4 is 38.6 Å². The summed E-state index contributed by atoms with van der Waals surface area (Å²) in [7, 11) is 0. The van der Waals surface area contributed by atoms with Gasteiger partial charge in [0.25, 0.3) is 0 Å². The molecule has 1 heterocycles. The Morgan fingerprint density at radius 2 is 2.33 bits per heavy atom. The van der Waals surface area contributed by atoms with E-state index >= 15 is 0 Å². The molecule has 1 N–H and O–H groups in total. The van der Waals surface area contributed by atoms with Crippen molar-refractivity contribution in [1.29, 1.82) is 0 Å². The molecule has 2 rings (SSSR count). The Morgan fingerprint density at radius 3 is 3.08 bits per heavy atom. The highest BCUT2D eigenvalue weighted by Crippen LogP contribution is 2.17. The van der Waals surface area contributed by atoms with E-state index in [1.807, 2.05) is 18.2 Å². The second-order valence-corrected chi connectivity index (χ2v) is 3.53. The quantitative estimate of drug-likeness (QED) is 0.769. The maximum Gasteiger partial charge on any atom is 0.175 e. The van der Waals surface area contributed by atoms with Crippen molar-refractivity contribution in [2.24, 2.45) is 0 Å². The third-order valence-corrected chi connectivity index (χ3v) is 2.36. The molecule has 0 radical (unpaired) electrons. The fourth-order valence-electron chi connectivity index (χ4n) is 1.11. The third kappa shape index (κ3) is 1.34. The van der Waals surface area contributed by atoms with Crippen molar-refractivity contribution in [3.05, 3.63) is 28.5 Å². The SMILES string of the molecule is ClCc1ccc2nc(Br)[nH]c2c1. The molecule has 0 bridgehead atoms. The highest BCUT2D eigenvalue weighted by atomic mass is 79.9. The van der Waals surface area contributed by atoms with Crippen LogP contribution in [0.3, 0.4) is 0 Å². The van der Waals surface area contributed by atoms with E-state index in [9.17, 15) is 0 Å². The van der Waals surface area contributed by atoms with Gasteiger partial charge in [0.1, 0.15) is 0 Å². The Labute approximate surface area is 83.1 Å². The van der Waals surface area contributed by atoms with Crippen molar-refractivity contribution in [3.8, 4) is 0 Å². The minimum Gasteiger partial charge on any atom is -0.332 e. The maximum atomic E-state index is 5.69. The van der Waals surface area contributed by atoms with Crippen molar-refractivity contribution in [3.63, 3.8) is 0 Å². The first kappa shape index (κ1) is 8.08. The molecular weight excluding hydrogens is 239 g/mol. The lowest BCUT2D eigenvalue weighted by atomic mass is 10.2. The Kier molecular flexibility index (Phi) is 2.07. The van der Waals surface area contributed by atoms with Crippen molar-refractivity contribution in [2.45, 2.75) is 5.88 Å². The average molecular weight is 246 g/mol. The maximum absolute atomic E-state index is 5.69. The van der Waals surface area contributed by atoms with E-state index in [0.717, 1.165) is 21.3 Å². The Morgan fingerprint density at radius 1 is 1.50 bits per heavy atom. The first-order chi connectivity index (χ1) is 5.79. The minimum atomic E-state index is 0.534. The summed E-state index contributed by atoms with van der Waals surface area (Å²) in [5.74, 6) is 0.534. The number of hydrogen-bond acceptors (Lipinski definition) is 1. The number of benzene rings is 1. The molecule has 0 spiro atoms. The molecule has 0 aliphatic rings. The van der Waals surface area contributed by atoms with Gasteiger partial charge in [0.05, 0.1) is 11.0 Å². The molecule has 0 aliphatic carbocycles. The summed E-state index contributed by atoms with van der Waals surface area (Å²) < 4.78 is 0.754.